The fourth-order valence-corrected chi connectivity index (χ4v) is 3.25. The third kappa shape index (κ3) is 7.45. The Morgan fingerprint density at radius 2 is 1.86 bits per heavy atom. The number of halogens is 4. The van der Waals surface area contributed by atoms with Crippen molar-refractivity contribution in [1.29, 1.82) is 0 Å². The number of nitrogens with zero attached hydrogens (tertiary/aromatic N) is 2. The Morgan fingerprint density at radius 3 is 2.50 bits per heavy atom. The van der Waals surface area contributed by atoms with E-state index < -0.39 is 11.7 Å². The number of hydrogen-bond donors (Lipinski definition) is 1. The highest BCUT2D eigenvalue weighted by atomic mass is 35.5. The van der Waals surface area contributed by atoms with E-state index >= 15 is 0 Å². The maximum Gasteiger partial charge on any atom is 0.416 e. The molecule has 1 aromatic rings. The number of piperazine rings is 1. The number of hydrogen-bond acceptors (Lipinski definition) is 3. The second-order valence-corrected chi connectivity index (χ2v) is 7.25. The van der Waals surface area contributed by atoms with Gasteiger partial charge in [0.2, 0.25) is 5.91 Å². The van der Waals surface area contributed by atoms with Crippen LogP contribution in [0.5, 0.6) is 0 Å². The van der Waals surface area contributed by atoms with E-state index in [4.69, 9.17) is 11.6 Å². The molecule has 1 aliphatic heterocycles. The van der Waals surface area contributed by atoms with E-state index in [1.807, 2.05) is 0 Å². The van der Waals surface area contributed by atoms with Crippen LogP contribution in [0.1, 0.15) is 30.9 Å². The van der Waals surface area contributed by atoms with Gasteiger partial charge in [-0.2, -0.15) is 13.2 Å². The zero-order chi connectivity index (χ0) is 20.6. The van der Waals surface area contributed by atoms with Gasteiger partial charge in [-0.15, -0.1) is 0 Å². The van der Waals surface area contributed by atoms with Crippen molar-refractivity contribution in [3.8, 4) is 0 Å². The minimum atomic E-state index is -4.45. The fourth-order valence-electron chi connectivity index (χ4n) is 3.07. The first kappa shape index (κ1) is 22.7. The largest absolute Gasteiger partial charge is 0.416 e. The van der Waals surface area contributed by atoms with Crippen LogP contribution in [0.4, 0.5) is 13.2 Å². The molecule has 2 rings (SSSR count). The monoisotopic (exact) mass is 417 g/mol. The lowest BCUT2D eigenvalue weighted by Gasteiger charge is -2.33. The first-order valence-electron chi connectivity index (χ1n) is 9.57. The number of benzene rings is 1. The molecule has 28 heavy (non-hydrogen) atoms. The number of carbonyl (C=O) groups is 1. The van der Waals surface area contributed by atoms with Crippen LogP contribution >= 0.6 is 11.6 Å². The van der Waals surface area contributed by atoms with Crippen LogP contribution in [0, 0.1) is 0 Å². The highest BCUT2D eigenvalue weighted by molar-refractivity contribution is 6.32. The van der Waals surface area contributed by atoms with Crippen LogP contribution in [0.15, 0.2) is 24.3 Å². The molecule has 1 saturated heterocycles. The van der Waals surface area contributed by atoms with Crippen LogP contribution in [0.3, 0.4) is 0 Å². The second-order valence-electron chi connectivity index (χ2n) is 6.84. The quantitative estimate of drug-likeness (QED) is 0.514. The Morgan fingerprint density at radius 1 is 1.18 bits per heavy atom. The molecule has 0 saturated carbocycles. The van der Waals surface area contributed by atoms with Gasteiger partial charge in [0, 0.05) is 43.8 Å². The minimum Gasteiger partial charge on any atom is -0.353 e. The molecular formula is C20H27ClF3N3O. The summed E-state index contributed by atoms with van der Waals surface area (Å²) in [7, 11) is 0. The molecule has 0 unspecified atom stereocenters. The Hall–Kier alpha value is -1.57. The molecule has 0 atom stereocenters. The van der Waals surface area contributed by atoms with Crippen molar-refractivity contribution in [2.24, 2.45) is 0 Å². The molecule has 156 valence electrons. The summed E-state index contributed by atoms with van der Waals surface area (Å²) in [4.78, 5) is 16.7. The second kappa shape index (κ2) is 10.8. The molecule has 1 fully saturated rings. The van der Waals surface area contributed by atoms with Gasteiger partial charge in [0.25, 0.3) is 0 Å². The Balaban J connectivity index is 1.69. The fraction of sp³-hybridized carbons (Fsp3) is 0.550. The van der Waals surface area contributed by atoms with Crippen molar-refractivity contribution >= 4 is 23.6 Å². The third-order valence-electron chi connectivity index (χ3n) is 4.85. The summed E-state index contributed by atoms with van der Waals surface area (Å²) < 4.78 is 38.3. The topological polar surface area (TPSA) is 35.6 Å². The van der Waals surface area contributed by atoms with E-state index in [2.05, 4.69) is 22.0 Å². The van der Waals surface area contributed by atoms with Gasteiger partial charge < -0.3 is 15.1 Å². The van der Waals surface area contributed by atoms with Crippen LogP contribution in [0.25, 0.3) is 6.08 Å². The molecule has 8 heteroatoms. The summed E-state index contributed by atoms with van der Waals surface area (Å²) in [5.41, 5.74) is -0.630. The van der Waals surface area contributed by atoms with Crippen molar-refractivity contribution in [2.75, 3.05) is 45.8 Å². The average Bonchev–Trinajstić information content (AvgIpc) is 2.66. The standard InChI is InChI=1S/C20H27ClF3N3O/c1-2-26-11-13-27(14-12-26)10-4-3-9-25-19(28)8-5-16-15-17(20(22,23)24)6-7-18(16)21/h5-8,15H,2-4,9-14H2,1H3,(H,25,28)/b8-5+. The maximum absolute atomic E-state index is 12.8. The van der Waals surface area contributed by atoms with Crippen molar-refractivity contribution < 1.29 is 18.0 Å². The Bertz CT molecular complexity index is 671. The van der Waals surface area contributed by atoms with Gasteiger partial charge in [0.05, 0.1) is 5.56 Å². The van der Waals surface area contributed by atoms with Gasteiger partial charge >= 0.3 is 6.18 Å². The predicted octanol–water partition coefficient (Wildman–Crippen LogP) is 3.91. The number of carbonyl (C=O) groups excluding carboxylic acids is 1. The van der Waals surface area contributed by atoms with E-state index in [0.717, 1.165) is 64.2 Å². The van der Waals surface area contributed by atoms with Gasteiger partial charge in [-0.25, -0.2) is 0 Å². The number of nitrogens with one attached hydrogen (secondary N) is 1. The molecule has 1 aliphatic rings. The molecule has 4 nitrogen and oxygen atoms in total. The first-order valence-corrected chi connectivity index (χ1v) is 9.94. The van der Waals surface area contributed by atoms with Gasteiger partial charge in [-0.1, -0.05) is 18.5 Å². The van der Waals surface area contributed by atoms with Crippen LogP contribution in [0.2, 0.25) is 5.02 Å². The molecule has 0 aromatic heterocycles. The summed E-state index contributed by atoms with van der Waals surface area (Å²) in [5, 5.41) is 2.92. The maximum atomic E-state index is 12.8. The number of likely N-dealkylation sites (N-methyl/N-ethyl adjacent to an activating group) is 1. The van der Waals surface area contributed by atoms with E-state index in [0.29, 0.717) is 6.54 Å². The molecule has 0 spiro atoms. The van der Waals surface area contributed by atoms with Gasteiger partial charge in [-0.3, -0.25) is 4.79 Å². The molecule has 1 heterocycles. The van der Waals surface area contributed by atoms with E-state index in [1.165, 1.54) is 18.2 Å². The van der Waals surface area contributed by atoms with Crippen molar-refractivity contribution in [1.82, 2.24) is 15.1 Å². The summed E-state index contributed by atoms with van der Waals surface area (Å²) in [5.74, 6) is -0.343. The predicted molar refractivity (Wildman–Crippen MR) is 106 cm³/mol. The number of unbranched alkanes of at least 4 members (excludes halogenated alkanes) is 1. The molecule has 1 N–H and O–H groups in total. The number of rotatable bonds is 8. The molecule has 0 radical (unpaired) electrons. The highest BCUT2D eigenvalue weighted by Crippen LogP contribution is 2.32. The summed E-state index contributed by atoms with van der Waals surface area (Å²) in [6.45, 7) is 9.21. The summed E-state index contributed by atoms with van der Waals surface area (Å²) in [6, 6.07) is 3.04. The van der Waals surface area contributed by atoms with Crippen LogP contribution in [-0.4, -0.2) is 61.5 Å². The van der Waals surface area contributed by atoms with Crippen molar-refractivity contribution in [2.45, 2.75) is 25.9 Å². The smallest absolute Gasteiger partial charge is 0.353 e. The molecule has 1 amide bonds. The normalized spacial score (nSPS) is 16.6. The third-order valence-corrected chi connectivity index (χ3v) is 5.19. The highest BCUT2D eigenvalue weighted by Gasteiger charge is 2.30. The molecule has 1 aromatic carbocycles. The van der Waals surface area contributed by atoms with Gasteiger partial charge in [0.15, 0.2) is 0 Å². The molecule has 0 aliphatic carbocycles. The Kier molecular flexibility index (Phi) is 8.79. The lowest BCUT2D eigenvalue weighted by molar-refractivity contribution is -0.137. The SMILES string of the molecule is CCN1CCN(CCCCNC(=O)/C=C/c2cc(C(F)(F)F)ccc2Cl)CC1. The minimum absolute atomic E-state index is 0.165. The van der Waals surface area contributed by atoms with Crippen molar-refractivity contribution in [3.05, 3.63) is 40.4 Å². The van der Waals surface area contributed by atoms with E-state index in [-0.39, 0.29) is 16.5 Å². The van der Waals surface area contributed by atoms with E-state index in [9.17, 15) is 18.0 Å². The first-order chi connectivity index (χ1) is 13.3. The van der Waals surface area contributed by atoms with Crippen LogP contribution in [-0.2, 0) is 11.0 Å². The number of alkyl halides is 3. The van der Waals surface area contributed by atoms with Gasteiger partial charge in [-0.05, 0) is 55.8 Å². The van der Waals surface area contributed by atoms with Crippen molar-refractivity contribution in [3.63, 3.8) is 0 Å². The zero-order valence-electron chi connectivity index (χ0n) is 16.1. The lowest BCUT2D eigenvalue weighted by atomic mass is 10.1. The summed E-state index contributed by atoms with van der Waals surface area (Å²) >= 11 is 5.91. The zero-order valence-corrected chi connectivity index (χ0v) is 16.8. The van der Waals surface area contributed by atoms with E-state index in [1.54, 1.807) is 0 Å². The van der Waals surface area contributed by atoms with Crippen LogP contribution < -0.4 is 5.32 Å². The molecule has 0 bridgehead atoms. The summed E-state index contributed by atoms with van der Waals surface area (Å²) in [6.07, 6.45) is -0.0719. The van der Waals surface area contributed by atoms with Gasteiger partial charge in [0.1, 0.15) is 0 Å². The average molecular weight is 418 g/mol. The lowest BCUT2D eigenvalue weighted by Crippen LogP contribution is -2.46. The molecular weight excluding hydrogens is 391 g/mol. The number of amides is 1. The Labute approximate surface area is 169 Å².